The van der Waals surface area contributed by atoms with Gasteiger partial charge in [0.25, 0.3) is 0 Å². The van der Waals surface area contributed by atoms with Gasteiger partial charge in [0.15, 0.2) is 0 Å². The van der Waals surface area contributed by atoms with Crippen molar-refractivity contribution in [3.8, 4) is 11.5 Å². The maximum absolute atomic E-state index is 5.91. The van der Waals surface area contributed by atoms with E-state index in [1.54, 1.807) is 7.11 Å². The molecule has 0 unspecified atom stereocenters. The Balaban J connectivity index is 2.17. The first-order chi connectivity index (χ1) is 10.1. The molecule has 0 aromatic heterocycles. The van der Waals surface area contributed by atoms with Gasteiger partial charge in [0, 0.05) is 17.4 Å². The number of rotatable bonds is 6. The van der Waals surface area contributed by atoms with Crippen molar-refractivity contribution in [2.24, 2.45) is 0 Å². The third kappa shape index (κ3) is 4.04. The molecule has 0 heterocycles. The highest BCUT2D eigenvalue weighted by atomic mass is 79.9. The van der Waals surface area contributed by atoms with Crippen LogP contribution in [-0.2, 0) is 0 Å². The van der Waals surface area contributed by atoms with Gasteiger partial charge < -0.3 is 20.5 Å². The predicted octanol–water partition coefficient (Wildman–Crippen LogP) is 4.57. The molecule has 0 fully saturated rings. The van der Waals surface area contributed by atoms with Crippen molar-refractivity contribution in [3.63, 3.8) is 0 Å². The van der Waals surface area contributed by atoms with Gasteiger partial charge >= 0.3 is 0 Å². The minimum atomic E-state index is 0.643. The van der Waals surface area contributed by atoms with Crippen LogP contribution in [0.5, 0.6) is 11.5 Å². The van der Waals surface area contributed by atoms with Crippen LogP contribution < -0.4 is 20.5 Å². The molecule has 0 aliphatic rings. The molecule has 0 spiro atoms. The van der Waals surface area contributed by atoms with Crippen LogP contribution in [0.15, 0.2) is 40.9 Å². The summed E-state index contributed by atoms with van der Waals surface area (Å²) in [6, 6.07) is 11.5. The van der Waals surface area contributed by atoms with E-state index >= 15 is 0 Å². The lowest BCUT2D eigenvalue weighted by Gasteiger charge is -2.12. The van der Waals surface area contributed by atoms with Crippen molar-refractivity contribution in [1.82, 2.24) is 0 Å². The number of nitrogen functional groups attached to an aromatic ring is 1. The standard InChI is InChI=1S/C16H19BrN2O2/c1-3-8-21-16-10-12(4-6-14(16)18)19-11-5-7-15(20-2)13(17)9-11/h4-7,9-10,19H,3,8,18H2,1-2H3. The van der Waals surface area contributed by atoms with Gasteiger partial charge in [0.1, 0.15) is 11.5 Å². The average molecular weight is 351 g/mol. The SMILES string of the molecule is CCCOc1cc(Nc2ccc(OC)c(Br)c2)ccc1N. The highest BCUT2D eigenvalue weighted by Gasteiger charge is 2.05. The lowest BCUT2D eigenvalue weighted by Crippen LogP contribution is -2.00. The fraction of sp³-hybridized carbons (Fsp3) is 0.250. The van der Waals surface area contributed by atoms with E-state index in [1.807, 2.05) is 36.4 Å². The molecule has 0 aliphatic carbocycles. The van der Waals surface area contributed by atoms with Gasteiger partial charge in [0.2, 0.25) is 0 Å². The molecule has 0 saturated carbocycles. The minimum absolute atomic E-state index is 0.643. The molecular weight excluding hydrogens is 332 g/mol. The number of anilines is 3. The van der Waals surface area contributed by atoms with Crippen molar-refractivity contribution >= 4 is 33.0 Å². The van der Waals surface area contributed by atoms with Gasteiger partial charge in [-0.2, -0.15) is 0 Å². The summed E-state index contributed by atoms with van der Waals surface area (Å²) >= 11 is 3.47. The first-order valence-corrected chi connectivity index (χ1v) is 7.56. The second-order valence-electron chi connectivity index (χ2n) is 4.58. The van der Waals surface area contributed by atoms with Crippen LogP contribution >= 0.6 is 15.9 Å². The Labute approximate surface area is 133 Å². The average Bonchev–Trinajstić information content (AvgIpc) is 2.48. The zero-order valence-corrected chi connectivity index (χ0v) is 13.7. The lowest BCUT2D eigenvalue weighted by molar-refractivity contribution is 0.319. The van der Waals surface area contributed by atoms with Crippen molar-refractivity contribution in [2.45, 2.75) is 13.3 Å². The summed E-state index contributed by atoms with van der Waals surface area (Å²) < 4.78 is 11.7. The fourth-order valence-electron chi connectivity index (χ4n) is 1.86. The van der Waals surface area contributed by atoms with E-state index in [1.165, 1.54) is 0 Å². The summed E-state index contributed by atoms with van der Waals surface area (Å²) in [5.41, 5.74) is 8.43. The molecule has 0 bridgehead atoms. The second-order valence-corrected chi connectivity index (χ2v) is 5.43. The topological polar surface area (TPSA) is 56.5 Å². The van der Waals surface area contributed by atoms with Crippen LogP contribution in [-0.4, -0.2) is 13.7 Å². The van der Waals surface area contributed by atoms with Gasteiger partial charge in [-0.05, 0) is 52.7 Å². The largest absolute Gasteiger partial charge is 0.496 e. The Morgan fingerprint density at radius 3 is 2.48 bits per heavy atom. The van der Waals surface area contributed by atoms with E-state index in [2.05, 4.69) is 28.2 Å². The Kier molecular flexibility index (Phi) is 5.33. The Morgan fingerprint density at radius 2 is 1.81 bits per heavy atom. The summed E-state index contributed by atoms with van der Waals surface area (Å²) in [5, 5.41) is 3.32. The van der Waals surface area contributed by atoms with Crippen molar-refractivity contribution in [3.05, 3.63) is 40.9 Å². The molecule has 0 amide bonds. The molecule has 5 heteroatoms. The maximum Gasteiger partial charge on any atom is 0.144 e. The molecule has 0 aliphatic heterocycles. The summed E-state index contributed by atoms with van der Waals surface area (Å²) in [6.07, 6.45) is 0.947. The Bertz CT molecular complexity index is 617. The van der Waals surface area contributed by atoms with Crippen LogP contribution in [0, 0.1) is 0 Å². The van der Waals surface area contributed by atoms with E-state index in [0.29, 0.717) is 18.0 Å². The van der Waals surface area contributed by atoms with Gasteiger partial charge in [0.05, 0.1) is 23.9 Å². The molecule has 2 aromatic rings. The molecule has 0 saturated heterocycles. The molecule has 3 N–H and O–H groups in total. The number of hydrogen-bond donors (Lipinski definition) is 2. The minimum Gasteiger partial charge on any atom is -0.496 e. The van der Waals surface area contributed by atoms with E-state index < -0.39 is 0 Å². The molecule has 2 aromatic carbocycles. The third-order valence-corrected chi connectivity index (χ3v) is 3.54. The molecule has 0 atom stereocenters. The monoisotopic (exact) mass is 350 g/mol. The summed E-state index contributed by atoms with van der Waals surface area (Å²) in [6.45, 7) is 2.72. The van der Waals surface area contributed by atoms with Crippen molar-refractivity contribution in [2.75, 3.05) is 24.8 Å². The van der Waals surface area contributed by atoms with Gasteiger partial charge in [-0.1, -0.05) is 6.92 Å². The first-order valence-electron chi connectivity index (χ1n) is 6.77. The van der Waals surface area contributed by atoms with Gasteiger partial charge in [-0.25, -0.2) is 0 Å². The number of halogens is 1. The zero-order chi connectivity index (χ0) is 15.2. The molecule has 2 rings (SSSR count). The second kappa shape index (κ2) is 7.22. The normalized spacial score (nSPS) is 10.2. The molecule has 0 radical (unpaired) electrons. The number of nitrogens with one attached hydrogen (secondary N) is 1. The highest BCUT2D eigenvalue weighted by Crippen LogP contribution is 2.31. The van der Waals surface area contributed by atoms with Crippen molar-refractivity contribution in [1.29, 1.82) is 0 Å². The first kappa shape index (κ1) is 15.5. The Morgan fingerprint density at radius 1 is 1.10 bits per heavy atom. The summed E-state index contributed by atoms with van der Waals surface area (Å²) in [7, 11) is 1.64. The smallest absolute Gasteiger partial charge is 0.144 e. The van der Waals surface area contributed by atoms with Crippen LogP contribution in [0.4, 0.5) is 17.1 Å². The van der Waals surface area contributed by atoms with Crippen LogP contribution in [0.25, 0.3) is 0 Å². The van der Waals surface area contributed by atoms with Crippen LogP contribution in [0.3, 0.4) is 0 Å². The van der Waals surface area contributed by atoms with Gasteiger partial charge in [-0.3, -0.25) is 0 Å². The van der Waals surface area contributed by atoms with Gasteiger partial charge in [-0.15, -0.1) is 0 Å². The van der Waals surface area contributed by atoms with Crippen LogP contribution in [0.2, 0.25) is 0 Å². The highest BCUT2D eigenvalue weighted by molar-refractivity contribution is 9.10. The predicted molar refractivity (Wildman–Crippen MR) is 90.6 cm³/mol. The number of benzene rings is 2. The molecule has 21 heavy (non-hydrogen) atoms. The quantitative estimate of drug-likeness (QED) is 0.749. The zero-order valence-electron chi connectivity index (χ0n) is 12.2. The molecule has 112 valence electrons. The maximum atomic E-state index is 5.91. The van der Waals surface area contributed by atoms with E-state index in [-0.39, 0.29) is 0 Å². The Hall–Kier alpha value is -1.88. The summed E-state index contributed by atoms with van der Waals surface area (Å²) in [4.78, 5) is 0. The van der Waals surface area contributed by atoms with Crippen LogP contribution in [0.1, 0.15) is 13.3 Å². The van der Waals surface area contributed by atoms with E-state index in [4.69, 9.17) is 15.2 Å². The lowest BCUT2D eigenvalue weighted by atomic mass is 10.2. The number of nitrogens with two attached hydrogens (primary N) is 1. The summed E-state index contributed by atoms with van der Waals surface area (Å²) in [5.74, 6) is 1.50. The number of hydrogen-bond acceptors (Lipinski definition) is 4. The number of ether oxygens (including phenoxy) is 2. The fourth-order valence-corrected chi connectivity index (χ4v) is 2.40. The van der Waals surface area contributed by atoms with E-state index in [9.17, 15) is 0 Å². The number of methoxy groups -OCH3 is 1. The molecule has 4 nitrogen and oxygen atoms in total. The third-order valence-electron chi connectivity index (χ3n) is 2.92. The van der Waals surface area contributed by atoms with Crippen molar-refractivity contribution < 1.29 is 9.47 Å². The van der Waals surface area contributed by atoms with E-state index in [0.717, 1.165) is 28.0 Å². The molecular formula is C16H19BrN2O2.